The average Bonchev–Trinajstić information content (AvgIpc) is 2.78. The molecule has 6 heteroatoms. The molecule has 16 heavy (non-hydrogen) atoms. The summed E-state index contributed by atoms with van der Waals surface area (Å²) in [5, 5.41) is 3.07. The van der Waals surface area contributed by atoms with Gasteiger partial charge in [0.05, 0.1) is 28.2 Å². The zero-order valence-corrected chi connectivity index (χ0v) is 9.42. The lowest BCUT2D eigenvalue weighted by atomic mass is 10.3. The van der Waals surface area contributed by atoms with Gasteiger partial charge in [-0.1, -0.05) is 23.2 Å². The number of aromatic nitrogens is 1. The summed E-state index contributed by atoms with van der Waals surface area (Å²) in [5.74, 6) is -0.216. The van der Waals surface area contributed by atoms with Crippen LogP contribution in [0.2, 0.25) is 10.0 Å². The second-order valence-corrected chi connectivity index (χ2v) is 3.70. The molecule has 1 amide bonds. The second-order valence-electron chi connectivity index (χ2n) is 2.91. The molecule has 82 valence electrons. The molecule has 0 aliphatic carbocycles. The number of nitrogens with zero attached hydrogens (tertiary/aromatic N) is 1. The number of carbonyl (C=O) groups excluding carboxylic acids is 1. The zero-order valence-electron chi connectivity index (χ0n) is 7.91. The number of carbonyl (C=O) groups is 1. The first kappa shape index (κ1) is 11.0. The minimum absolute atomic E-state index is 0.191. The molecule has 2 heterocycles. The van der Waals surface area contributed by atoms with Crippen molar-refractivity contribution in [2.24, 2.45) is 0 Å². The Morgan fingerprint density at radius 3 is 2.88 bits per heavy atom. The van der Waals surface area contributed by atoms with Crippen molar-refractivity contribution in [3.63, 3.8) is 0 Å². The van der Waals surface area contributed by atoms with E-state index < -0.39 is 5.91 Å². The number of pyridine rings is 1. The highest BCUT2D eigenvalue weighted by molar-refractivity contribution is 6.43. The molecule has 2 rings (SSSR count). The van der Waals surface area contributed by atoms with E-state index in [1.54, 1.807) is 12.1 Å². The van der Waals surface area contributed by atoms with Crippen molar-refractivity contribution in [2.75, 3.05) is 5.32 Å². The van der Waals surface area contributed by atoms with Gasteiger partial charge in [-0.25, -0.2) is 0 Å². The van der Waals surface area contributed by atoms with Crippen molar-refractivity contribution in [1.29, 1.82) is 0 Å². The van der Waals surface area contributed by atoms with Crippen molar-refractivity contribution in [3.05, 3.63) is 46.6 Å². The summed E-state index contributed by atoms with van der Waals surface area (Å²) in [5.41, 5.74) is 0.343. The number of amides is 1. The Morgan fingerprint density at radius 2 is 2.19 bits per heavy atom. The smallest absolute Gasteiger partial charge is 0.291 e. The molecule has 4 nitrogen and oxygen atoms in total. The van der Waals surface area contributed by atoms with Gasteiger partial charge in [0.15, 0.2) is 5.76 Å². The van der Waals surface area contributed by atoms with Crippen molar-refractivity contribution in [1.82, 2.24) is 4.98 Å². The van der Waals surface area contributed by atoms with Gasteiger partial charge in [-0.3, -0.25) is 9.78 Å². The third kappa shape index (κ3) is 2.18. The fraction of sp³-hybridized carbons (Fsp3) is 0. The second kappa shape index (κ2) is 4.55. The van der Waals surface area contributed by atoms with Gasteiger partial charge in [0.2, 0.25) is 0 Å². The highest BCUT2D eigenvalue weighted by atomic mass is 35.5. The first-order valence-corrected chi connectivity index (χ1v) is 5.08. The van der Waals surface area contributed by atoms with Crippen LogP contribution >= 0.6 is 23.2 Å². The summed E-state index contributed by atoms with van der Waals surface area (Å²) in [6, 6.07) is 3.16. The van der Waals surface area contributed by atoms with Crippen LogP contribution in [-0.4, -0.2) is 10.9 Å². The molecule has 0 atom stereocenters. The van der Waals surface area contributed by atoms with Gasteiger partial charge >= 0.3 is 0 Å². The number of furan rings is 1. The van der Waals surface area contributed by atoms with Crippen LogP contribution in [0, 0.1) is 0 Å². The zero-order chi connectivity index (χ0) is 11.5. The Morgan fingerprint density at radius 1 is 1.38 bits per heavy atom. The third-order valence-corrected chi connectivity index (χ3v) is 2.62. The quantitative estimate of drug-likeness (QED) is 0.898. The van der Waals surface area contributed by atoms with Crippen molar-refractivity contribution in [3.8, 4) is 0 Å². The molecular formula is C10H6Cl2N2O2. The van der Waals surface area contributed by atoms with Gasteiger partial charge in [-0.05, 0) is 12.1 Å². The molecular weight excluding hydrogens is 251 g/mol. The molecule has 0 aliphatic rings. The van der Waals surface area contributed by atoms with Crippen LogP contribution in [-0.2, 0) is 0 Å². The SMILES string of the molecule is O=C(Nc1cncc(Cl)c1Cl)c1ccco1. The highest BCUT2D eigenvalue weighted by Gasteiger charge is 2.12. The molecule has 0 aromatic carbocycles. The van der Waals surface area contributed by atoms with E-state index in [1.165, 1.54) is 18.7 Å². The van der Waals surface area contributed by atoms with Crippen LogP contribution in [0.4, 0.5) is 5.69 Å². The summed E-state index contributed by atoms with van der Waals surface area (Å²) in [6.07, 6.45) is 4.22. The summed E-state index contributed by atoms with van der Waals surface area (Å²) >= 11 is 11.6. The number of anilines is 1. The van der Waals surface area contributed by atoms with E-state index in [0.717, 1.165) is 0 Å². The van der Waals surface area contributed by atoms with Gasteiger partial charge in [-0.2, -0.15) is 0 Å². The topological polar surface area (TPSA) is 55.1 Å². The summed E-state index contributed by atoms with van der Waals surface area (Å²) in [7, 11) is 0. The fourth-order valence-corrected chi connectivity index (χ4v) is 1.40. The number of hydrogen-bond acceptors (Lipinski definition) is 3. The van der Waals surface area contributed by atoms with Crippen LogP contribution in [0.5, 0.6) is 0 Å². The lowest BCUT2D eigenvalue weighted by Gasteiger charge is -2.05. The van der Waals surface area contributed by atoms with Gasteiger partial charge < -0.3 is 9.73 Å². The monoisotopic (exact) mass is 256 g/mol. The third-order valence-electron chi connectivity index (χ3n) is 1.83. The number of rotatable bonds is 2. The molecule has 1 N–H and O–H groups in total. The summed E-state index contributed by atoms with van der Waals surface area (Å²) < 4.78 is 4.93. The Bertz CT molecular complexity index is 512. The van der Waals surface area contributed by atoms with E-state index in [4.69, 9.17) is 27.6 Å². The lowest BCUT2D eigenvalue weighted by molar-refractivity contribution is 0.0996. The normalized spacial score (nSPS) is 10.1. The minimum Gasteiger partial charge on any atom is -0.459 e. The van der Waals surface area contributed by atoms with Crippen molar-refractivity contribution >= 4 is 34.8 Å². The molecule has 0 saturated carbocycles. The Kier molecular flexibility index (Phi) is 3.12. The summed E-state index contributed by atoms with van der Waals surface area (Å²) in [6.45, 7) is 0. The molecule has 0 radical (unpaired) electrons. The maximum absolute atomic E-state index is 11.6. The predicted molar refractivity (Wildman–Crippen MR) is 60.9 cm³/mol. The Hall–Kier alpha value is -1.52. The van der Waals surface area contributed by atoms with Crippen LogP contribution in [0.3, 0.4) is 0 Å². The van der Waals surface area contributed by atoms with Gasteiger partial charge in [0.1, 0.15) is 0 Å². The Balaban J connectivity index is 2.22. The molecule has 0 fully saturated rings. The van der Waals surface area contributed by atoms with Crippen LogP contribution in [0.1, 0.15) is 10.6 Å². The first-order valence-electron chi connectivity index (χ1n) is 4.32. The molecule has 0 saturated heterocycles. The van der Waals surface area contributed by atoms with Crippen LogP contribution in [0.25, 0.3) is 0 Å². The maximum atomic E-state index is 11.6. The summed E-state index contributed by atoms with van der Waals surface area (Å²) in [4.78, 5) is 15.4. The van der Waals surface area contributed by atoms with Crippen molar-refractivity contribution < 1.29 is 9.21 Å². The average molecular weight is 257 g/mol. The van der Waals surface area contributed by atoms with Crippen molar-refractivity contribution in [2.45, 2.75) is 0 Å². The molecule has 0 spiro atoms. The maximum Gasteiger partial charge on any atom is 0.291 e. The molecule has 0 aliphatic heterocycles. The van der Waals surface area contributed by atoms with E-state index in [2.05, 4.69) is 10.3 Å². The molecule has 0 unspecified atom stereocenters. The van der Waals surface area contributed by atoms with Crippen LogP contribution in [0.15, 0.2) is 35.2 Å². The number of hydrogen-bond donors (Lipinski definition) is 1. The predicted octanol–water partition coefficient (Wildman–Crippen LogP) is 3.23. The van der Waals surface area contributed by atoms with E-state index >= 15 is 0 Å². The van der Waals surface area contributed by atoms with Gasteiger partial charge in [0.25, 0.3) is 5.91 Å². The van der Waals surface area contributed by atoms with E-state index in [0.29, 0.717) is 5.69 Å². The fourth-order valence-electron chi connectivity index (χ4n) is 1.10. The van der Waals surface area contributed by atoms with Gasteiger partial charge in [-0.15, -0.1) is 0 Å². The minimum atomic E-state index is -0.407. The lowest BCUT2D eigenvalue weighted by Crippen LogP contribution is -2.11. The van der Waals surface area contributed by atoms with E-state index in [-0.39, 0.29) is 15.8 Å². The number of nitrogens with one attached hydrogen (secondary N) is 1. The number of halogens is 2. The standard InChI is InChI=1S/C10H6Cl2N2O2/c11-6-4-13-5-7(9(6)12)14-10(15)8-2-1-3-16-8/h1-5H,(H,14,15). The molecule has 2 aromatic rings. The van der Waals surface area contributed by atoms with Crippen LogP contribution < -0.4 is 5.32 Å². The van der Waals surface area contributed by atoms with E-state index in [9.17, 15) is 4.79 Å². The highest BCUT2D eigenvalue weighted by Crippen LogP contribution is 2.28. The largest absolute Gasteiger partial charge is 0.459 e. The van der Waals surface area contributed by atoms with Gasteiger partial charge in [0, 0.05) is 6.20 Å². The van der Waals surface area contributed by atoms with E-state index in [1.807, 2.05) is 0 Å². The molecule has 2 aromatic heterocycles. The Labute approximate surface area is 101 Å². The first-order chi connectivity index (χ1) is 7.68. The molecule has 0 bridgehead atoms.